The van der Waals surface area contributed by atoms with Crippen LogP contribution in [0.5, 0.6) is 11.5 Å². The van der Waals surface area contributed by atoms with Crippen molar-refractivity contribution in [3.8, 4) is 11.5 Å². The molecule has 1 aliphatic heterocycles. The third-order valence-electron chi connectivity index (χ3n) is 2.51. The van der Waals surface area contributed by atoms with Crippen LogP contribution in [0.3, 0.4) is 0 Å². The molecule has 1 heterocycles. The van der Waals surface area contributed by atoms with Gasteiger partial charge in [-0.2, -0.15) is 0 Å². The van der Waals surface area contributed by atoms with E-state index in [-0.39, 0.29) is 0 Å². The maximum atomic E-state index is 10.9. The first kappa shape index (κ1) is 10.6. The summed E-state index contributed by atoms with van der Waals surface area (Å²) in [4.78, 5) is 12.0. The van der Waals surface area contributed by atoms with E-state index in [0.29, 0.717) is 30.4 Å². The van der Waals surface area contributed by atoms with Gasteiger partial charge in [0, 0.05) is 13.1 Å². The van der Waals surface area contributed by atoms with Crippen LogP contribution in [0.25, 0.3) is 0 Å². The average Bonchev–Trinajstić information content (AvgIpc) is 2.27. The van der Waals surface area contributed by atoms with Crippen LogP contribution in [0, 0.1) is 6.92 Å². The fourth-order valence-electron chi connectivity index (χ4n) is 1.64. The number of carbonyl (C=O) groups is 1. The summed E-state index contributed by atoms with van der Waals surface area (Å²) in [6, 6.07) is 3.49. The Bertz CT molecular complexity index is 430. The highest BCUT2D eigenvalue weighted by Gasteiger charge is 2.18. The minimum atomic E-state index is -1.00. The third kappa shape index (κ3) is 1.76. The van der Waals surface area contributed by atoms with Crippen LogP contribution in [-0.4, -0.2) is 31.5 Å². The standard InChI is InChI=1S/C11H13NO4/c1-7-5-9-10(16-4-3-15-9)6-8(7)12(2)11(13)14/h5-6H,3-4H2,1-2H3,(H,13,14). The molecule has 1 aromatic rings. The minimum absolute atomic E-state index is 0.492. The van der Waals surface area contributed by atoms with Crippen LogP contribution in [0.15, 0.2) is 12.1 Å². The summed E-state index contributed by atoms with van der Waals surface area (Å²) < 4.78 is 10.8. The van der Waals surface area contributed by atoms with Gasteiger partial charge < -0.3 is 14.6 Å². The highest BCUT2D eigenvalue weighted by molar-refractivity contribution is 5.87. The van der Waals surface area contributed by atoms with Crippen LogP contribution >= 0.6 is 0 Å². The van der Waals surface area contributed by atoms with Crippen molar-refractivity contribution in [2.45, 2.75) is 6.92 Å². The molecule has 0 bridgehead atoms. The van der Waals surface area contributed by atoms with Gasteiger partial charge in [0.25, 0.3) is 0 Å². The smallest absolute Gasteiger partial charge is 0.411 e. The fourth-order valence-corrected chi connectivity index (χ4v) is 1.64. The first-order chi connectivity index (χ1) is 7.59. The summed E-state index contributed by atoms with van der Waals surface area (Å²) in [7, 11) is 1.50. The number of nitrogens with zero attached hydrogens (tertiary/aromatic N) is 1. The average molecular weight is 223 g/mol. The summed E-state index contributed by atoms with van der Waals surface area (Å²) >= 11 is 0. The molecule has 0 unspecified atom stereocenters. The Morgan fingerprint density at radius 2 is 1.88 bits per heavy atom. The molecule has 0 aromatic heterocycles. The molecule has 0 spiro atoms. The van der Waals surface area contributed by atoms with E-state index in [1.807, 2.05) is 6.92 Å². The van der Waals surface area contributed by atoms with Crippen molar-refractivity contribution >= 4 is 11.8 Å². The molecule has 0 atom stereocenters. The Labute approximate surface area is 93.2 Å². The topological polar surface area (TPSA) is 59.0 Å². The number of amides is 1. The lowest BCUT2D eigenvalue weighted by molar-refractivity contribution is 0.171. The van der Waals surface area contributed by atoms with Crippen molar-refractivity contribution in [2.75, 3.05) is 25.2 Å². The molecule has 1 N–H and O–H groups in total. The van der Waals surface area contributed by atoms with E-state index in [0.717, 1.165) is 10.5 Å². The Kier molecular flexibility index (Phi) is 2.60. The lowest BCUT2D eigenvalue weighted by Gasteiger charge is -2.22. The zero-order chi connectivity index (χ0) is 11.7. The number of hydrogen-bond acceptors (Lipinski definition) is 3. The molecular formula is C11H13NO4. The van der Waals surface area contributed by atoms with Gasteiger partial charge in [-0.05, 0) is 18.6 Å². The zero-order valence-electron chi connectivity index (χ0n) is 9.19. The van der Waals surface area contributed by atoms with Crippen LogP contribution < -0.4 is 14.4 Å². The largest absolute Gasteiger partial charge is 0.486 e. The molecular weight excluding hydrogens is 210 g/mol. The molecule has 1 aromatic carbocycles. The first-order valence-corrected chi connectivity index (χ1v) is 4.96. The summed E-state index contributed by atoms with van der Waals surface area (Å²) in [5, 5.41) is 8.92. The number of carboxylic acid groups (broad SMARTS) is 1. The Hall–Kier alpha value is -1.91. The molecule has 2 rings (SSSR count). The molecule has 0 saturated heterocycles. The van der Waals surface area contributed by atoms with Gasteiger partial charge in [0.05, 0.1) is 5.69 Å². The van der Waals surface area contributed by atoms with E-state index in [4.69, 9.17) is 14.6 Å². The Morgan fingerprint density at radius 3 is 2.44 bits per heavy atom. The van der Waals surface area contributed by atoms with Crippen LogP contribution in [-0.2, 0) is 0 Å². The summed E-state index contributed by atoms with van der Waals surface area (Å²) in [6.07, 6.45) is -1.00. The fraction of sp³-hybridized carbons (Fsp3) is 0.364. The van der Waals surface area contributed by atoms with Gasteiger partial charge in [-0.25, -0.2) is 4.79 Å². The summed E-state index contributed by atoms with van der Waals surface area (Å²) in [6.45, 7) is 2.86. The molecule has 1 amide bonds. The van der Waals surface area contributed by atoms with Crippen LogP contribution in [0.1, 0.15) is 5.56 Å². The maximum absolute atomic E-state index is 10.9. The molecule has 5 heteroatoms. The Balaban J connectivity index is 2.43. The first-order valence-electron chi connectivity index (χ1n) is 4.96. The van der Waals surface area contributed by atoms with Crippen molar-refractivity contribution in [3.05, 3.63) is 17.7 Å². The molecule has 0 aliphatic carbocycles. The van der Waals surface area contributed by atoms with Crippen molar-refractivity contribution in [3.63, 3.8) is 0 Å². The Morgan fingerprint density at radius 1 is 1.31 bits per heavy atom. The highest BCUT2D eigenvalue weighted by Crippen LogP contribution is 2.36. The number of fused-ring (bicyclic) bond motifs is 1. The predicted octanol–water partition coefficient (Wildman–Crippen LogP) is 1.88. The van der Waals surface area contributed by atoms with E-state index in [9.17, 15) is 4.79 Å². The number of aryl methyl sites for hydroxylation is 1. The van der Waals surface area contributed by atoms with E-state index in [2.05, 4.69) is 0 Å². The number of anilines is 1. The lowest BCUT2D eigenvalue weighted by Crippen LogP contribution is -2.25. The second kappa shape index (κ2) is 3.92. The number of rotatable bonds is 1. The predicted molar refractivity (Wildman–Crippen MR) is 58.6 cm³/mol. The quantitative estimate of drug-likeness (QED) is 0.789. The van der Waals surface area contributed by atoms with Gasteiger partial charge in [0.1, 0.15) is 13.2 Å². The molecule has 0 saturated carbocycles. The second-order valence-electron chi connectivity index (χ2n) is 3.62. The lowest BCUT2D eigenvalue weighted by atomic mass is 10.1. The zero-order valence-corrected chi connectivity index (χ0v) is 9.19. The van der Waals surface area contributed by atoms with Crippen molar-refractivity contribution in [1.29, 1.82) is 0 Å². The van der Waals surface area contributed by atoms with Gasteiger partial charge in [0.2, 0.25) is 0 Å². The number of ether oxygens (including phenoxy) is 2. The molecule has 0 fully saturated rings. The van der Waals surface area contributed by atoms with E-state index in [1.165, 1.54) is 7.05 Å². The van der Waals surface area contributed by atoms with Gasteiger partial charge in [0.15, 0.2) is 11.5 Å². The van der Waals surface area contributed by atoms with Crippen LogP contribution in [0.2, 0.25) is 0 Å². The van der Waals surface area contributed by atoms with E-state index < -0.39 is 6.09 Å². The molecule has 0 radical (unpaired) electrons. The summed E-state index contributed by atoms with van der Waals surface area (Å²) in [5.74, 6) is 1.27. The van der Waals surface area contributed by atoms with Gasteiger partial charge in [-0.1, -0.05) is 0 Å². The molecule has 1 aliphatic rings. The van der Waals surface area contributed by atoms with E-state index >= 15 is 0 Å². The monoisotopic (exact) mass is 223 g/mol. The third-order valence-corrected chi connectivity index (χ3v) is 2.51. The van der Waals surface area contributed by atoms with Crippen molar-refractivity contribution in [1.82, 2.24) is 0 Å². The SMILES string of the molecule is Cc1cc2c(cc1N(C)C(=O)O)OCCO2. The maximum Gasteiger partial charge on any atom is 0.411 e. The van der Waals surface area contributed by atoms with Gasteiger partial charge in [-0.15, -0.1) is 0 Å². The molecule has 5 nitrogen and oxygen atoms in total. The second-order valence-corrected chi connectivity index (χ2v) is 3.62. The van der Waals surface area contributed by atoms with Crippen molar-refractivity contribution < 1.29 is 19.4 Å². The molecule has 86 valence electrons. The number of benzene rings is 1. The van der Waals surface area contributed by atoms with E-state index in [1.54, 1.807) is 12.1 Å². The highest BCUT2D eigenvalue weighted by atomic mass is 16.6. The van der Waals surface area contributed by atoms with Gasteiger partial charge >= 0.3 is 6.09 Å². The minimum Gasteiger partial charge on any atom is -0.486 e. The van der Waals surface area contributed by atoms with Crippen LogP contribution in [0.4, 0.5) is 10.5 Å². The van der Waals surface area contributed by atoms with Crippen molar-refractivity contribution in [2.24, 2.45) is 0 Å². The normalized spacial score (nSPS) is 13.4. The summed E-state index contributed by atoms with van der Waals surface area (Å²) in [5.41, 5.74) is 1.45. The molecule has 16 heavy (non-hydrogen) atoms. The number of hydrogen-bond donors (Lipinski definition) is 1. The van der Waals surface area contributed by atoms with Gasteiger partial charge in [-0.3, -0.25) is 4.90 Å².